The molecule has 0 saturated carbocycles. The molecule has 0 fully saturated rings. The van der Waals surface area contributed by atoms with Crippen molar-refractivity contribution in [2.45, 2.75) is 13.0 Å². The van der Waals surface area contributed by atoms with Crippen LogP contribution >= 0.6 is 0 Å². The third-order valence-electron chi connectivity index (χ3n) is 2.97. The van der Waals surface area contributed by atoms with Gasteiger partial charge < -0.3 is 9.47 Å². The Morgan fingerprint density at radius 1 is 1.19 bits per heavy atom. The summed E-state index contributed by atoms with van der Waals surface area (Å²) in [5, 5.41) is 3.88. The number of ketones is 1. The molecule has 110 valence electrons. The maximum atomic E-state index is 12.2. The fourth-order valence-corrected chi connectivity index (χ4v) is 1.80. The second-order valence-corrected chi connectivity index (χ2v) is 4.54. The second kappa shape index (κ2) is 6.21. The number of rotatable bonds is 5. The zero-order valence-electron chi connectivity index (χ0n) is 12.1. The first kappa shape index (κ1) is 14.8. The zero-order valence-corrected chi connectivity index (χ0v) is 12.1. The molecule has 6 nitrogen and oxygen atoms in total. The number of benzene rings is 1. The van der Waals surface area contributed by atoms with Gasteiger partial charge in [-0.1, -0.05) is 0 Å². The molecule has 1 atom stereocenters. The average Bonchev–Trinajstić information content (AvgIpc) is 2.93. The number of aromatic nitrogens is 2. The minimum absolute atomic E-state index is 0.269. The molecule has 1 heterocycles. The molecule has 1 aromatic heterocycles. The normalized spacial score (nSPS) is 11.8. The molecule has 0 aliphatic rings. The van der Waals surface area contributed by atoms with Gasteiger partial charge in [0.2, 0.25) is 5.78 Å². The van der Waals surface area contributed by atoms with Gasteiger partial charge in [0.15, 0.2) is 6.10 Å². The molecule has 1 aromatic carbocycles. The van der Waals surface area contributed by atoms with E-state index in [0.29, 0.717) is 16.9 Å². The van der Waals surface area contributed by atoms with Crippen molar-refractivity contribution >= 4 is 11.8 Å². The third-order valence-corrected chi connectivity index (χ3v) is 2.97. The zero-order chi connectivity index (χ0) is 15.4. The standard InChI is InChI=1S/C15H16N2O4/c1-10(21-15(19)12-8-16-17(2)9-12)14(18)11-4-6-13(20-3)7-5-11/h4-10H,1-3H3. The van der Waals surface area contributed by atoms with Crippen molar-refractivity contribution in [3.8, 4) is 5.75 Å². The fourth-order valence-electron chi connectivity index (χ4n) is 1.80. The summed E-state index contributed by atoms with van der Waals surface area (Å²) < 4.78 is 11.7. The number of nitrogens with zero attached hydrogens (tertiary/aromatic N) is 2. The molecular formula is C15H16N2O4. The van der Waals surface area contributed by atoms with Crippen LogP contribution in [0.5, 0.6) is 5.75 Å². The van der Waals surface area contributed by atoms with Gasteiger partial charge in [-0.3, -0.25) is 9.48 Å². The van der Waals surface area contributed by atoms with Crippen molar-refractivity contribution in [3.05, 3.63) is 47.8 Å². The number of ether oxygens (including phenoxy) is 2. The molecule has 2 aromatic rings. The number of carbonyl (C=O) groups is 2. The molecule has 0 aliphatic carbocycles. The third kappa shape index (κ3) is 3.47. The Labute approximate surface area is 122 Å². The summed E-state index contributed by atoms with van der Waals surface area (Å²) in [6.07, 6.45) is 2.06. The Balaban J connectivity index is 2.03. The molecule has 21 heavy (non-hydrogen) atoms. The van der Waals surface area contributed by atoms with Crippen LogP contribution in [0.3, 0.4) is 0 Å². The number of carbonyl (C=O) groups excluding carboxylic acids is 2. The van der Waals surface area contributed by atoms with Gasteiger partial charge in [0.25, 0.3) is 0 Å². The maximum absolute atomic E-state index is 12.2. The molecule has 0 aliphatic heterocycles. The summed E-state index contributed by atoms with van der Waals surface area (Å²) in [5.41, 5.74) is 0.772. The van der Waals surface area contributed by atoms with Crippen molar-refractivity contribution in [1.82, 2.24) is 9.78 Å². The molecule has 0 saturated heterocycles. The molecule has 0 radical (unpaired) electrons. The van der Waals surface area contributed by atoms with Gasteiger partial charge >= 0.3 is 5.97 Å². The Bertz CT molecular complexity index is 646. The van der Waals surface area contributed by atoms with E-state index in [1.165, 1.54) is 17.1 Å². The molecule has 2 rings (SSSR count). The first-order valence-corrected chi connectivity index (χ1v) is 6.39. The van der Waals surface area contributed by atoms with Gasteiger partial charge in [-0.05, 0) is 31.2 Å². The molecule has 0 N–H and O–H groups in total. The van der Waals surface area contributed by atoms with Crippen LogP contribution in [-0.2, 0) is 11.8 Å². The highest BCUT2D eigenvalue weighted by atomic mass is 16.5. The number of hydrogen-bond donors (Lipinski definition) is 0. The van der Waals surface area contributed by atoms with E-state index in [1.807, 2.05) is 0 Å². The summed E-state index contributed by atoms with van der Waals surface area (Å²) in [6.45, 7) is 1.54. The summed E-state index contributed by atoms with van der Waals surface area (Å²) in [4.78, 5) is 24.0. The lowest BCUT2D eigenvalue weighted by molar-refractivity contribution is 0.0318. The van der Waals surface area contributed by atoms with Crippen LogP contribution in [0.1, 0.15) is 27.6 Å². The van der Waals surface area contributed by atoms with Crippen molar-refractivity contribution in [2.24, 2.45) is 7.05 Å². The largest absolute Gasteiger partial charge is 0.497 e. The summed E-state index contributed by atoms with van der Waals surface area (Å²) in [5.74, 6) is -0.182. The van der Waals surface area contributed by atoms with E-state index in [-0.39, 0.29) is 5.78 Å². The lowest BCUT2D eigenvalue weighted by Gasteiger charge is -2.11. The summed E-state index contributed by atoms with van der Waals surface area (Å²) >= 11 is 0. The lowest BCUT2D eigenvalue weighted by Crippen LogP contribution is -2.24. The van der Waals surface area contributed by atoms with Crippen LogP contribution in [0.15, 0.2) is 36.7 Å². The van der Waals surface area contributed by atoms with E-state index in [9.17, 15) is 9.59 Å². The minimum Gasteiger partial charge on any atom is -0.497 e. The molecule has 0 spiro atoms. The number of aryl methyl sites for hydroxylation is 1. The minimum atomic E-state index is -0.869. The second-order valence-electron chi connectivity index (χ2n) is 4.54. The van der Waals surface area contributed by atoms with Gasteiger partial charge in [-0.2, -0.15) is 5.10 Å². The molecular weight excluding hydrogens is 272 g/mol. The molecule has 0 bridgehead atoms. The summed E-state index contributed by atoms with van der Waals surface area (Å²) in [7, 11) is 3.25. The molecule has 0 amide bonds. The average molecular weight is 288 g/mol. The van der Waals surface area contributed by atoms with Crippen LogP contribution in [0.25, 0.3) is 0 Å². The summed E-state index contributed by atoms with van der Waals surface area (Å²) in [6, 6.07) is 6.64. The Morgan fingerprint density at radius 2 is 1.86 bits per heavy atom. The van der Waals surface area contributed by atoms with Crippen molar-refractivity contribution < 1.29 is 19.1 Å². The van der Waals surface area contributed by atoms with E-state index < -0.39 is 12.1 Å². The van der Waals surface area contributed by atoms with Gasteiger partial charge in [0, 0.05) is 18.8 Å². The Hall–Kier alpha value is -2.63. The topological polar surface area (TPSA) is 70.4 Å². The van der Waals surface area contributed by atoms with E-state index in [0.717, 1.165) is 0 Å². The number of hydrogen-bond acceptors (Lipinski definition) is 5. The van der Waals surface area contributed by atoms with E-state index in [4.69, 9.17) is 9.47 Å². The predicted octanol–water partition coefficient (Wildman–Crippen LogP) is 1.86. The SMILES string of the molecule is COc1ccc(C(=O)C(C)OC(=O)c2cnn(C)c2)cc1. The Morgan fingerprint density at radius 3 is 2.38 bits per heavy atom. The van der Waals surface area contributed by atoms with Crippen LogP contribution in [0.4, 0.5) is 0 Å². The molecule has 1 unspecified atom stereocenters. The van der Waals surface area contributed by atoms with E-state index >= 15 is 0 Å². The fraction of sp³-hybridized carbons (Fsp3) is 0.267. The first-order chi connectivity index (χ1) is 10.0. The maximum Gasteiger partial charge on any atom is 0.342 e. The van der Waals surface area contributed by atoms with Crippen LogP contribution in [0, 0.1) is 0 Å². The highest BCUT2D eigenvalue weighted by Gasteiger charge is 2.21. The van der Waals surface area contributed by atoms with Crippen LogP contribution in [-0.4, -0.2) is 34.7 Å². The van der Waals surface area contributed by atoms with Gasteiger partial charge in [0.1, 0.15) is 5.75 Å². The van der Waals surface area contributed by atoms with Gasteiger partial charge in [0.05, 0.1) is 18.9 Å². The first-order valence-electron chi connectivity index (χ1n) is 6.39. The smallest absolute Gasteiger partial charge is 0.342 e. The van der Waals surface area contributed by atoms with E-state index in [1.54, 1.807) is 45.3 Å². The van der Waals surface area contributed by atoms with Gasteiger partial charge in [-0.25, -0.2) is 4.79 Å². The van der Waals surface area contributed by atoms with Crippen molar-refractivity contribution in [3.63, 3.8) is 0 Å². The lowest BCUT2D eigenvalue weighted by atomic mass is 10.1. The highest BCUT2D eigenvalue weighted by Crippen LogP contribution is 2.14. The van der Waals surface area contributed by atoms with Crippen LogP contribution in [0.2, 0.25) is 0 Å². The highest BCUT2D eigenvalue weighted by molar-refractivity contribution is 6.01. The monoisotopic (exact) mass is 288 g/mol. The van der Waals surface area contributed by atoms with E-state index in [2.05, 4.69) is 5.10 Å². The number of esters is 1. The van der Waals surface area contributed by atoms with Crippen LogP contribution < -0.4 is 4.74 Å². The van der Waals surface area contributed by atoms with Crippen molar-refractivity contribution in [1.29, 1.82) is 0 Å². The number of Topliss-reactive ketones (excluding diaryl/α,β-unsaturated/α-hetero) is 1. The number of methoxy groups -OCH3 is 1. The van der Waals surface area contributed by atoms with Gasteiger partial charge in [-0.15, -0.1) is 0 Å². The van der Waals surface area contributed by atoms with Crippen molar-refractivity contribution in [2.75, 3.05) is 7.11 Å². The Kier molecular flexibility index (Phi) is 4.37. The predicted molar refractivity (Wildman–Crippen MR) is 75.4 cm³/mol. The molecule has 6 heteroatoms. The quantitative estimate of drug-likeness (QED) is 0.620.